The molecule has 5 rings (SSSR count). The monoisotopic (exact) mass is 388 g/mol. The summed E-state index contributed by atoms with van der Waals surface area (Å²) >= 11 is 0. The fraction of sp³-hybridized carbons (Fsp3) is 0.304. The lowest BCUT2D eigenvalue weighted by Gasteiger charge is -2.38. The van der Waals surface area contributed by atoms with Crippen molar-refractivity contribution < 1.29 is 9.53 Å². The molecular weight excluding hydrogens is 364 g/mol. The molecule has 2 aliphatic heterocycles. The fourth-order valence-corrected chi connectivity index (χ4v) is 4.32. The van der Waals surface area contributed by atoms with Gasteiger partial charge in [-0.1, -0.05) is 36.4 Å². The Morgan fingerprint density at radius 2 is 1.62 bits per heavy atom. The summed E-state index contributed by atoms with van der Waals surface area (Å²) in [5.41, 5.74) is 1.89. The second kappa shape index (κ2) is 7.28. The Bertz CT molecular complexity index is 991. The van der Waals surface area contributed by atoms with E-state index in [1.807, 2.05) is 65.8 Å². The van der Waals surface area contributed by atoms with Crippen LogP contribution < -0.4 is 9.64 Å². The first-order valence-electron chi connectivity index (χ1n) is 10.2. The van der Waals surface area contributed by atoms with Crippen molar-refractivity contribution in [3.05, 3.63) is 72.1 Å². The summed E-state index contributed by atoms with van der Waals surface area (Å²) in [7, 11) is 0. The standard InChI is InChI=1S/C23H24N4O2/c1-2-25-12-11-24-23(25)27-15-13-26(14-16-27)22(28)21-17-7-3-5-9-19(17)29-20-10-6-4-8-18(20)21/h3-12,21H,2,13-16H2,1H3. The third kappa shape index (κ3) is 3.05. The van der Waals surface area contributed by atoms with Crippen LogP contribution in [0.15, 0.2) is 60.9 Å². The summed E-state index contributed by atoms with van der Waals surface area (Å²) in [4.78, 5) is 22.4. The third-order valence-corrected chi connectivity index (χ3v) is 5.84. The maximum absolute atomic E-state index is 13.6. The minimum atomic E-state index is -0.319. The number of hydrogen-bond donors (Lipinski definition) is 0. The maximum Gasteiger partial charge on any atom is 0.234 e. The predicted octanol–water partition coefficient (Wildman–Crippen LogP) is 3.49. The zero-order valence-corrected chi connectivity index (χ0v) is 16.5. The van der Waals surface area contributed by atoms with Crippen LogP contribution >= 0.6 is 0 Å². The van der Waals surface area contributed by atoms with E-state index in [2.05, 4.69) is 21.4 Å². The number of benzene rings is 2. The van der Waals surface area contributed by atoms with Gasteiger partial charge in [-0.15, -0.1) is 0 Å². The molecule has 6 heteroatoms. The molecule has 2 aliphatic rings. The molecule has 0 saturated carbocycles. The van der Waals surface area contributed by atoms with Gasteiger partial charge in [0.15, 0.2) is 0 Å². The number of imidazole rings is 1. The normalized spacial score (nSPS) is 16.2. The molecule has 29 heavy (non-hydrogen) atoms. The third-order valence-electron chi connectivity index (χ3n) is 5.84. The van der Waals surface area contributed by atoms with Gasteiger partial charge in [-0.3, -0.25) is 4.79 Å². The van der Waals surface area contributed by atoms with Crippen LogP contribution in [0.2, 0.25) is 0 Å². The van der Waals surface area contributed by atoms with E-state index < -0.39 is 0 Å². The van der Waals surface area contributed by atoms with Crippen molar-refractivity contribution in [2.75, 3.05) is 31.1 Å². The average Bonchev–Trinajstić information content (AvgIpc) is 3.26. The number of ether oxygens (including phenoxy) is 1. The van der Waals surface area contributed by atoms with E-state index in [1.54, 1.807) is 0 Å². The number of aryl methyl sites for hydroxylation is 1. The molecular formula is C23H24N4O2. The number of piperazine rings is 1. The van der Waals surface area contributed by atoms with E-state index in [4.69, 9.17) is 4.74 Å². The van der Waals surface area contributed by atoms with Crippen LogP contribution in [0, 0.1) is 0 Å². The van der Waals surface area contributed by atoms with Gasteiger partial charge >= 0.3 is 0 Å². The summed E-state index contributed by atoms with van der Waals surface area (Å²) in [5.74, 6) is 2.36. The highest BCUT2D eigenvalue weighted by molar-refractivity contribution is 5.90. The Morgan fingerprint density at radius 3 is 2.24 bits per heavy atom. The van der Waals surface area contributed by atoms with Crippen molar-refractivity contribution in [2.45, 2.75) is 19.4 Å². The van der Waals surface area contributed by atoms with Crippen molar-refractivity contribution in [2.24, 2.45) is 0 Å². The molecule has 3 heterocycles. The van der Waals surface area contributed by atoms with Crippen molar-refractivity contribution in [1.82, 2.24) is 14.5 Å². The van der Waals surface area contributed by atoms with Gasteiger partial charge in [0.05, 0.1) is 5.92 Å². The number of carbonyl (C=O) groups is 1. The van der Waals surface area contributed by atoms with E-state index >= 15 is 0 Å². The van der Waals surface area contributed by atoms with Gasteiger partial charge in [0.1, 0.15) is 11.5 Å². The molecule has 6 nitrogen and oxygen atoms in total. The lowest BCUT2D eigenvalue weighted by atomic mass is 9.86. The molecule has 0 unspecified atom stereocenters. The van der Waals surface area contributed by atoms with E-state index in [1.165, 1.54) is 0 Å². The van der Waals surface area contributed by atoms with E-state index in [0.717, 1.165) is 48.2 Å². The van der Waals surface area contributed by atoms with Crippen LogP contribution in [0.1, 0.15) is 24.0 Å². The molecule has 2 aromatic carbocycles. The number of para-hydroxylation sites is 2. The highest BCUT2D eigenvalue weighted by Gasteiger charge is 2.36. The maximum atomic E-state index is 13.6. The largest absolute Gasteiger partial charge is 0.457 e. The van der Waals surface area contributed by atoms with Crippen molar-refractivity contribution in [3.8, 4) is 11.5 Å². The van der Waals surface area contributed by atoms with Crippen molar-refractivity contribution >= 4 is 11.9 Å². The lowest BCUT2D eigenvalue weighted by Crippen LogP contribution is -2.51. The molecule has 0 aliphatic carbocycles. The first-order valence-corrected chi connectivity index (χ1v) is 10.2. The van der Waals surface area contributed by atoms with Crippen LogP contribution in [-0.2, 0) is 11.3 Å². The molecule has 1 aromatic heterocycles. The number of anilines is 1. The Kier molecular flexibility index (Phi) is 4.46. The highest BCUT2D eigenvalue weighted by Crippen LogP contribution is 2.44. The lowest BCUT2D eigenvalue weighted by molar-refractivity contribution is -0.132. The molecule has 0 bridgehead atoms. The van der Waals surface area contributed by atoms with Gasteiger partial charge in [0.2, 0.25) is 11.9 Å². The molecule has 0 N–H and O–H groups in total. The van der Waals surface area contributed by atoms with Crippen LogP contribution in [0.5, 0.6) is 11.5 Å². The first kappa shape index (κ1) is 17.8. The Morgan fingerprint density at radius 1 is 1.00 bits per heavy atom. The molecule has 0 spiro atoms. The molecule has 0 atom stereocenters. The number of nitrogens with zero attached hydrogens (tertiary/aromatic N) is 4. The number of hydrogen-bond acceptors (Lipinski definition) is 4. The Labute approximate surface area is 170 Å². The second-order valence-corrected chi connectivity index (χ2v) is 7.44. The first-order chi connectivity index (χ1) is 14.3. The predicted molar refractivity (Wildman–Crippen MR) is 111 cm³/mol. The zero-order valence-electron chi connectivity index (χ0n) is 16.5. The van der Waals surface area contributed by atoms with Crippen LogP contribution in [0.25, 0.3) is 0 Å². The summed E-state index contributed by atoms with van der Waals surface area (Å²) in [5, 5.41) is 0. The highest BCUT2D eigenvalue weighted by atomic mass is 16.5. The number of rotatable bonds is 3. The summed E-state index contributed by atoms with van der Waals surface area (Å²) < 4.78 is 8.19. The van der Waals surface area contributed by atoms with Crippen LogP contribution in [0.4, 0.5) is 5.95 Å². The van der Waals surface area contributed by atoms with Crippen molar-refractivity contribution in [3.63, 3.8) is 0 Å². The zero-order chi connectivity index (χ0) is 19.8. The Hall–Kier alpha value is -3.28. The number of carbonyl (C=O) groups excluding carboxylic acids is 1. The smallest absolute Gasteiger partial charge is 0.234 e. The Balaban J connectivity index is 1.39. The number of aromatic nitrogens is 2. The second-order valence-electron chi connectivity index (χ2n) is 7.44. The number of fused-ring (bicyclic) bond motifs is 2. The van der Waals surface area contributed by atoms with E-state index in [0.29, 0.717) is 13.1 Å². The summed E-state index contributed by atoms with van der Waals surface area (Å²) in [6.07, 6.45) is 3.84. The van der Waals surface area contributed by atoms with Crippen molar-refractivity contribution in [1.29, 1.82) is 0 Å². The van der Waals surface area contributed by atoms with Gasteiger partial charge in [0, 0.05) is 56.2 Å². The summed E-state index contributed by atoms with van der Waals surface area (Å²) in [6.45, 7) is 5.97. The molecule has 1 saturated heterocycles. The van der Waals surface area contributed by atoms with Gasteiger partial charge in [-0.2, -0.15) is 0 Å². The topological polar surface area (TPSA) is 50.6 Å². The average molecular weight is 388 g/mol. The molecule has 1 amide bonds. The minimum absolute atomic E-state index is 0.145. The molecule has 0 radical (unpaired) electrons. The minimum Gasteiger partial charge on any atom is -0.457 e. The molecule has 148 valence electrons. The molecule has 3 aromatic rings. The molecule has 1 fully saturated rings. The van der Waals surface area contributed by atoms with Gasteiger partial charge in [-0.05, 0) is 19.1 Å². The van der Waals surface area contributed by atoms with Crippen LogP contribution in [0.3, 0.4) is 0 Å². The van der Waals surface area contributed by atoms with Gasteiger partial charge < -0.3 is 19.1 Å². The van der Waals surface area contributed by atoms with E-state index in [-0.39, 0.29) is 11.8 Å². The van der Waals surface area contributed by atoms with E-state index in [9.17, 15) is 4.79 Å². The van der Waals surface area contributed by atoms with Crippen LogP contribution in [-0.4, -0.2) is 46.5 Å². The fourth-order valence-electron chi connectivity index (χ4n) is 4.32. The van der Waals surface area contributed by atoms with Gasteiger partial charge in [-0.25, -0.2) is 4.98 Å². The summed E-state index contributed by atoms with van der Waals surface area (Å²) in [6, 6.07) is 15.7. The number of amides is 1. The quantitative estimate of drug-likeness (QED) is 0.689. The SMILES string of the molecule is CCn1ccnc1N1CCN(C(=O)C2c3ccccc3Oc3ccccc32)CC1. The van der Waals surface area contributed by atoms with Gasteiger partial charge in [0.25, 0.3) is 0 Å².